The average molecular weight is 86.1 g/mol. The molecule has 1 aliphatic heterocycles. The molecule has 1 rings (SSSR count). The first-order valence-electron chi connectivity index (χ1n) is 2.05. The third-order valence-electron chi connectivity index (χ3n) is 0.799. The maximum atomic E-state index is 4.93. The Hall–Kier alpha value is -0.0800. The van der Waals surface area contributed by atoms with Crippen molar-refractivity contribution in [1.82, 2.24) is 5.06 Å². The van der Waals surface area contributed by atoms with Crippen molar-refractivity contribution >= 4 is 0 Å². The van der Waals surface area contributed by atoms with Gasteiger partial charge in [0.2, 0.25) is 0 Å². The molecule has 6 heavy (non-hydrogen) atoms. The van der Waals surface area contributed by atoms with Gasteiger partial charge in [-0.05, 0) is 0 Å². The van der Waals surface area contributed by atoms with Gasteiger partial charge < -0.3 is 0 Å². The lowest BCUT2D eigenvalue weighted by atomic mass is 10.5. The Balaban J connectivity index is 2.18. The summed E-state index contributed by atoms with van der Waals surface area (Å²) in [5.41, 5.74) is 0. The van der Waals surface area contributed by atoms with Crippen LogP contribution in [0.25, 0.3) is 0 Å². The van der Waals surface area contributed by atoms with Gasteiger partial charge in [0.25, 0.3) is 0 Å². The van der Waals surface area contributed by atoms with E-state index >= 15 is 0 Å². The monoisotopic (exact) mass is 86.1 g/mol. The van der Waals surface area contributed by atoms with Crippen molar-refractivity contribution in [2.45, 2.75) is 0 Å². The highest BCUT2D eigenvalue weighted by Crippen LogP contribution is 1.96. The number of hydrogen-bond acceptors (Lipinski definition) is 2. The molecule has 0 spiro atoms. The highest BCUT2D eigenvalue weighted by atomic mass is 16.7. The Morgan fingerprint density at radius 2 is 2.67 bits per heavy atom. The zero-order valence-corrected chi connectivity index (χ0v) is 3.85. The van der Waals surface area contributed by atoms with Gasteiger partial charge in [-0.3, -0.25) is 4.84 Å². The summed E-state index contributed by atoms with van der Waals surface area (Å²) in [6.07, 6.45) is 2.08. The summed E-state index contributed by atoms with van der Waals surface area (Å²) in [4.78, 5) is 4.93. The summed E-state index contributed by atoms with van der Waals surface area (Å²) in [6.45, 7) is 1.76. The molecule has 35 valence electrons. The van der Waals surface area contributed by atoms with Crippen LogP contribution in [0.4, 0.5) is 0 Å². The van der Waals surface area contributed by atoms with Gasteiger partial charge in [-0.2, -0.15) is 5.06 Å². The van der Waals surface area contributed by atoms with Crippen LogP contribution in [-0.4, -0.2) is 25.3 Å². The van der Waals surface area contributed by atoms with Crippen LogP contribution in [0.5, 0.6) is 0 Å². The van der Waals surface area contributed by atoms with Crippen molar-refractivity contribution in [3.63, 3.8) is 0 Å². The van der Waals surface area contributed by atoms with E-state index in [9.17, 15) is 0 Å². The van der Waals surface area contributed by atoms with E-state index < -0.39 is 0 Å². The average Bonchev–Trinajstić information content (AvgIpc) is 1.86. The van der Waals surface area contributed by atoms with Crippen molar-refractivity contribution < 1.29 is 4.84 Å². The van der Waals surface area contributed by atoms with Crippen LogP contribution >= 0.6 is 0 Å². The van der Waals surface area contributed by atoms with E-state index in [-0.39, 0.29) is 0 Å². The molecule has 0 N–H and O–H groups in total. The molecule has 0 saturated carbocycles. The zero-order chi connectivity index (χ0) is 4.41. The molecule has 0 aromatic heterocycles. The van der Waals surface area contributed by atoms with Crippen LogP contribution in [0.15, 0.2) is 0 Å². The molecule has 0 bridgehead atoms. The number of rotatable bonds is 0. The summed E-state index contributed by atoms with van der Waals surface area (Å²) < 4.78 is 0. The van der Waals surface area contributed by atoms with Crippen LogP contribution in [0.3, 0.4) is 0 Å². The van der Waals surface area contributed by atoms with Gasteiger partial charge in [0.1, 0.15) is 0 Å². The second kappa shape index (κ2) is 1.58. The second-order valence-electron chi connectivity index (χ2n) is 1.39. The lowest BCUT2D eigenvalue weighted by Gasteiger charge is -2.01. The Labute approximate surface area is 37.7 Å². The first-order chi connectivity index (χ1) is 2.89. The lowest BCUT2D eigenvalue weighted by molar-refractivity contribution is -0.0863. The summed E-state index contributed by atoms with van der Waals surface area (Å²) >= 11 is 0. The molecule has 2 heteroatoms. The summed E-state index contributed by atoms with van der Waals surface area (Å²) in [5, 5.41) is 1.81. The van der Waals surface area contributed by atoms with Crippen molar-refractivity contribution in [1.29, 1.82) is 0 Å². The van der Waals surface area contributed by atoms with Crippen molar-refractivity contribution in [3.8, 4) is 0 Å². The van der Waals surface area contributed by atoms with Gasteiger partial charge in [-0.25, -0.2) is 0 Å². The molecule has 0 unspecified atom stereocenters. The molecular formula is C4H8NO. The number of hydroxylamine groups is 2. The van der Waals surface area contributed by atoms with Crippen molar-refractivity contribution in [2.24, 2.45) is 0 Å². The molecule has 1 heterocycles. The van der Waals surface area contributed by atoms with E-state index in [0.29, 0.717) is 0 Å². The second-order valence-corrected chi connectivity index (χ2v) is 1.39. The van der Waals surface area contributed by atoms with E-state index in [1.54, 1.807) is 5.06 Å². The predicted molar refractivity (Wildman–Crippen MR) is 22.9 cm³/mol. The van der Waals surface area contributed by atoms with Crippen LogP contribution < -0.4 is 0 Å². The molecule has 1 saturated heterocycles. The fourth-order valence-corrected chi connectivity index (χ4v) is 0.467. The lowest BCUT2D eigenvalue weighted by Crippen LogP contribution is -2.09. The van der Waals surface area contributed by atoms with Crippen LogP contribution in [0, 0.1) is 6.42 Å². The minimum absolute atomic E-state index is 0.788. The molecule has 1 aliphatic rings. The normalized spacial score (nSPS) is 25.5. The third-order valence-corrected chi connectivity index (χ3v) is 0.799. The van der Waals surface area contributed by atoms with E-state index in [4.69, 9.17) is 4.84 Å². The first-order valence-corrected chi connectivity index (χ1v) is 2.05. The van der Waals surface area contributed by atoms with Gasteiger partial charge in [-0.1, -0.05) is 0 Å². The molecular weight excluding hydrogens is 78.0 g/mol. The maximum Gasteiger partial charge on any atom is 0.0730 e. The van der Waals surface area contributed by atoms with Gasteiger partial charge in [0, 0.05) is 20.0 Å². The minimum atomic E-state index is 0.788. The SMILES string of the molecule is CN1C[CH]CO1. The Bertz CT molecular complexity index is 40.8. The predicted octanol–water partition coefficient (Wildman–Crippen LogP) is 0.0677. The molecule has 1 fully saturated rings. The summed E-state index contributed by atoms with van der Waals surface area (Å²) in [5.74, 6) is 0. The number of nitrogens with zero attached hydrogens (tertiary/aromatic N) is 1. The van der Waals surface area contributed by atoms with Gasteiger partial charge in [0.05, 0.1) is 6.61 Å². The van der Waals surface area contributed by atoms with Crippen molar-refractivity contribution in [3.05, 3.63) is 6.42 Å². The molecule has 0 aliphatic carbocycles. The van der Waals surface area contributed by atoms with E-state index in [0.717, 1.165) is 13.2 Å². The zero-order valence-electron chi connectivity index (χ0n) is 3.85. The minimum Gasteiger partial charge on any atom is -0.299 e. The highest BCUT2D eigenvalue weighted by molar-refractivity contribution is 4.69. The Morgan fingerprint density at radius 3 is 2.83 bits per heavy atom. The molecule has 1 radical (unpaired) electrons. The fourth-order valence-electron chi connectivity index (χ4n) is 0.467. The Kier molecular flexibility index (Phi) is 1.08. The topological polar surface area (TPSA) is 12.5 Å². The largest absolute Gasteiger partial charge is 0.299 e. The number of hydrogen-bond donors (Lipinski definition) is 0. The molecule has 0 aromatic carbocycles. The standard InChI is InChI=1S/C4H8NO/c1-5-3-2-4-6-5/h2H,3-4H2,1H3. The van der Waals surface area contributed by atoms with Crippen LogP contribution in [0.2, 0.25) is 0 Å². The van der Waals surface area contributed by atoms with E-state index in [1.807, 2.05) is 7.05 Å². The molecule has 0 aromatic rings. The van der Waals surface area contributed by atoms with Gasteiger partial charge in [-0.15, -0.1) is 0 Å². The summed E-state index contributed by atoms with van der Waals surface area (Å²) in [6, 6.07) is 0. The highest BCUT2D eigenvalue weighted by Gasteiger charge is 2.04. The molecule has 0 amide bonds. The van der Waals surface area contributed by atoms with Gasteiger partial charge >= 0.3 is 0 Å². The maximum absolute atomic E-state index is 4.93. The van der Waals surface area contributed by atoms with Gasteiger partial charge in [0.15, 0.2) is 0 Å². The summed E-state index contributed by atoms with van der Waals surface area (Å²) in [7, 11) is 1.92. The smallest absolute Gasteiger partial charge is 0.0730 e. The molecule has 2 nitrogen and oxygen atoms in total. The quantitative estimate of drug-likeness (QED) is 0.413. The molecule has 0 atom stereocenters. The van der Waals surface area contributed by atoms with Crippen molar-refractivity contribution in [2.75, 3.05) is 20.2 Å². The fraction of sp³-hybridized carbons (Fsp3) is 0.750. The Morgan fingerprint density at radius 1 is 1.83 bits per heavy atom. The van der Waals surface area contributed by atoms with E-state index in [2.05, 4.69) is 6.42 Å². The third kappa shape index (κ3) is 0.698. The van der Waals surface area contributed by atoms with Crippen LogP contribution in [-0.2, 0) is 4.84 Å². The van der Waals surface area contributed by atoms with Crippen LogP contribution in [0.1, 0.15) is 0 Å². The first kappa shape index (κ1) is 4.09. The van der Waals surface area contributed by atoms with E-state index in [1.165, 1.54) is 0 Å².